The van der Waals surface area contributed by atoms with Crippen LogP contribution in [0.4, 0.5) is 5.82 Å². The van der Waals surface area contributed by atoms with Gasteiger partial charge in [0.2, 0.25) is 0 Å². The topological polar surface area (TPSA) is 37.8 Å². The van der Waals surface area contributed by atoms with Gasteiger partial charge in [0.25, 0.3) is 0 Å². The summed E-state index contributed by atoms with van der Waals surface area (Å²) in [6, 6.07) is 0. The van der Waals surface area contributed by atoms with Gasteiger partial charge in [-0.25, -0.2) is 9.97 Å². The summed E-state index contributed by atoms with van der Waals surface area (Å²) < 4.78 is 0. The number of aromatic nitrogens is 2. The van der Waals surface area contributed by atoms with Crippen molar-refractivity contribution in [1.82, 2.24) is 9.97 Å². The minimum absolute atomic E-state index is 0.592. The zero-order valence-electron chi connectivity index (χ0n) is 11.2. The third kappa shape index (κ3) is 3.14. The number of halogens is 1. The van der Waals surface area contributed by atoms with Gasteiger partial charge in [-0.05, 0) is 24.7 Å². The van der Waals surface area contributed by atoms with Crippen LogP contribution in [0.15, 0.2) is 6.33 Å². The maximum absolute atomic E-state index is 6.14. The SMILES string of the molecule is CCCc1c(Cl)ncnc1NCC1CCCC1C. The summed E-state index contributed by atoms with van der Waals surface area (Å²) in [4.78, 5) is 8.40. The number of hydrogen-bond acceptors (Lipinski definition) is 3. The molecule has 4 heteroatoms. The number of nitrogens with one attached hydrogen (secondary N) is 1. The minimum atomic E-state index is 0.592. The van der Waals surface area contributed by atoms with E-state index in [9.17, 15) is 0 Å². The van der Waals surface area contributed by atoms with Crippen molar-refractivity contribution in [2.75, 3.05) is 11.9 Å². The van der Waals surface area contributed by atoms with Crippen LogP contribution in [-0.4, -0.2) is 16.5 Å². The molecular weight excluding hydrogens is 246 g/mol. The highest BCUT2D eigenvalue weighted by atomic mass is 35.5. The molecular formula is C14H22ClN3. The van der Waals surface area contributed by atoms with Gasteiger partial charge >= 0.3 is 0 Å². The Morgan fingerprint density at radius 3 is 2.89 bits per heavy atom. The predicted molar refractivity (Wildman–Crippen MR) is 76.0 cm³/mol. The van der Waals surface area contributed by atoms with Gasteiger partial charge in [0.15, 0.2) is 0 Å². The largest absolute Gasteiger partial charge is 0.369 e. The van der Waals surface area contributed by atoms with Crippen molar-refractivity contribution in [3.8, 4) is 0 Å². The molecule has 1 N–H and O–H groups in total. The second-order valence-corrected chi connectivity index (χ2v) is 5.65. The number of hydrogen-bond donors (Lipinski definition) is 1. The lowest BCUT2D eigenvalue weighted by Crippen LogP contribution is -2.18. The van der Waals surface area contributed by atoms with E-state index in [1.807, 2.05) is 0 Å². The van der Waals surface area contributed by atoms with Gasteiger partial charge in [-0.15, -0.1) is 0 Å². The quantitative estimate of drug-likeness (QED) is 0.822. The fourth-order valence-corrected chi connectivity index (χ4v) is 3.00. The smallest absolute Gasteiger partial charge is 0.137 e. The van der Waals surface area contributed by atoms with Gasteiger partial charge in [-0.1, -0.05) is 44.7 Å². The molecule has 0 saturated heterocycles. The highest BCUT2D eigenvalue weighted by Crippen LogP contribution is 2.31. The average molecular weight is 268 g/mol. The lowest BCUT2D eigenvalue weighted by atomic mass is 9.98. The monoisotopic (exact) mass is 267 g/mol. The summed E-state index contributed by atoms with van der Waals surface area (Å²) in [5.41, 5.74) is 1.06. The van der Waals surface area contributed by atoms with E-state index in [0.717, 1.165) is 42.6 Å². The average Bonchev–Trinajstić information content (AvgIpc) is 2.76. The maximum Gasteiger partial charge on any atom is 0.137 e. The lowest BCUT2D eigenvalue weighted by molar-refractivity contribution is 0.439. The van der Waals surface area contributed by atoms with Gasteiger partial charge in [0.05, 0.1) is 0 Å². The molecule has 18 heavy (non-hydrogen) atoms. The summed E-state index contributed by atoms with van der Waals surface area (Å²) in [6.07, 6.45) is 7.58. The van der Waals surface area contributed by atoms with Crippen LogP contribution in [0.2, 0.25) is 5.15 Å². The van der Waals surface area contributed by atoms with E-state index in [2.05, 4.69) is 29.1 Å². The highest BCUT2D eigenvalue weighted by molar-refractivity contribution is 6.30. The van der Waals surface area contributed by atoms with Gasteiger partial charge in [0.1, 0.15) is 17.3 Å². The second-order valence-electron chi connectivity index (χ2n) is 5.29. The molecule has 2 rings (SSSR count). The Bertz CT molecular complexity index is 395. The van der Waals surface area contributed by atoms with Crippen molar-refractivity contribution in [3.05, 3.63) is 17.0 Å². The van der Waals surface area contributed by atoms with Crippen LogP contribution in [0.1, 0.15) is 45.1 Å². The third-order valence-corrected chi connectivity index (χ3v) is 4.29. The first-order chi connectivity index (χ1) is 8.72. The maximum atomic E-state index is 6.14. The van der Waals surface area contributed by atoms with Crippen LogP contribution in [0.25, 0.3) is 0 Å². The fraction of sp³-hybridized carbons (Fsp3) is 0.714. The van der Waals surface area contributed by atoms with E-state index < -0.39 is 0 Å². The summed E-state index contributed by atoms with van der Waals surface area (Å²) in [5.74, 6) is 2.52. The van der Waals surface area contributed by atoms with Crippen LogP contribution in [0.5, 0.6) is 0 Å². The molecule has 1 saturated carbocycles. The molecule has 3 nitrogen and oxygen atoms in total. The molecule has 1 aromatic heterocycles. The number of nitrogens with zero attached hydrogens (tertiary/aromatic N) is 2. The van der Waals surface area contributed by atoms with Gasteiger partial charge in [0, 0.05) is 12.1 Å². The molecule has 0 spiro atoms. The standard InChI is InChI=1S/C14H22ClN3/c1-3-5-12-13(15)17-9-18-14(12)16-8-11-7-4-6-10(11)2/h9-11H,3-8H2,1-2H3,(H,16,17,18). The molecule has 0 amide bonds. The van der Waals surface area contributed by atoms with E-state index in [4.69, 9.17) is 11.6 Å². The van der Waals surface area contributed by atoms with Crippen molar-refractivity contribution in [1.29, 1.82) is 0 Å². The van der Waals surface area contributed by atoms with Crippen molar-refractivity contribution in [2.24, 2.45) is 11.8 Å². The molecule has 0 aromatic carbocycles. The summed E-state index contributed by atoms with van der Waals surface area (Å²) >= 11 is 6.14. The van der Waals surface area contributed by atoms with E-state index in [1.165, 1.54) is 19.3 Å². The Labute approximate surface area is 114 Å². The van der Waals surface area contributed by atoms with Crippen molar-refractivity contribution in [2.45, 2.75) is 46.0 Å². The molecule has 100 valence electrons. The van der Waals surface area contributed by atoms with Crippen LogP contribution in [-0.2, 0) is 6.42 Å². The zero-order chi connectivity index (χ0) is 13.0. The first-order valence-electron chi connectivity index (χ1n) is 6.95. The normalized spacial score (nSPS) is 23.3. The third-order valence-electron chi connectivity index (χ3n) is 3.96. The molecule has 0 aliphatic heterocycles. The highest BCUT2D eigenvalue weighted by Gasteiger charge is 2.23. The Balaban J connectivity index is 2.02. The Hall–Kier alpha value is -0.830. The lowest BCUT2D eigenvalue weighted by Gasteiger charge is -2.18. The summed E-state index contributed by atoms with van der Waals surface area (Å²) in [6.45, 7) is 5.50. The summed E-state index contributed by atoms with van der Waals surface area (Å²) in [5, 5.41) is 4.07. The van der Waals surface area contributed by atoms with Crippen LogP contribution >= 0.6 is 11.6 Å². The van der Waals surface area contributed by atoms with E-state index in [-0.39, 0.29) is 0 Å². The first kappa shape index (κ1) is 13.6. The zero-order valence-corrected chi connectivity index (χ0v) is 12.0. The molecule has 2 unspecified atom stereocenters. The number of rotatable bonds is 5. The van der Waals surface area contributed by atoms with Gasteiger partial charge in [-0.3, -0.25) is 0 Å². The van der Waals surface area contributed by atoms with Crippen LogP contribution in [0.3, 0.4) is 0 Å². The molecule has 1 aliphatic carbocycles. The summed E-state index contributed by atoms with van der Waals surface area (Å²) in [7, 11) is 0. The molecule has 2 atom stereocenters. The van der Waals surface area contributed by atoms with Gasteiger partial charge < -0.3 is 5.32 Å². The van der Waals surface area contributed by atoms with Crippen molar-refractivity contribution >= 4 is 17.4 Å². The van der Waals surface area contributed by atoms with E-state index in [0.29, 0.717) is 5.15 Å². The Morgan fingerprint density at radius 1 is 1.39 bits per heavy atom. The molecule has 1 heterocycles. The van der Waals surface area contributed by atoms with Crippen LogP contribution in [0, 0.1) is 11.8 Å². The second kappa shape index (κ2) is 6.37. The van der Waals surface area contributed by atoms with Crippen molar-refractivity contribution in [3.63, 3.8) is 0 Å². The first-order valence-corrected chi connectivity index (χ1v) is 7.33. The van der Waals surface area contributed by atoms with E-state index in [1.54, 1.807) is 6.33 Å². The predicted octanol–water partition coefficient (Wildman–Crippen LogP) is 3.93. The van der Waals surface area contributed by atoms with Crippen LogP contribution < -0.4 is 5.32 Å². The molecule has 0 bridgehead atoms. The molecule has 0 radical (unpaired) electrons. The molecule has 1 aliphatic rings. The van der Waals surface area contributed by atoms with Gasteiger partial charge in [-0.2, -0.15) is 0 Å². The Kier molecular flexibility index (Phi) is 4.81. The fourth-order valence-electron chi connectivity index (χ4n) is 2.77. The number of anilines is 1. The minimum Gasteiger partial charge on any atom is -0.369 e. The molecule has 1 aromatic rings. The van der Waals surface area contributed by atoms with Crippen molar-refractivity contribution < 1.29 is 0 Å². The molecule has 1 fully saturated rings. The Morgan fingerprint density at radius 2 is 2.22 bits per heavy atom. The van der Waals surface area contributed by atoms with E-state index >= 15 is 0 Å².